The van der Waals surface area contributed by atoms with E-state index in [1.807, 2.05) is 0 Å². The molecule has 0 fully saturated rings. The molecule has 126 valence electrons. The standard InChI is InChI=1S/C18H11F2NO3S/c1-2-24-18(23)10-8-21-12-5-3-4-6-13(12)25-17-14(20)11(19)7-9(15(17)21)16(10)22/h3-8H,2H2,1H3. The summed E-state index contributed by atoms with van der Waals surface area (Å²) in [6.45, 7) is 1.73. The molecule has 0 saturated heterocycles. The first-order chi connectivity index (χ1) is 12.0. The minimum atomic E-state index is -1.13. The van der Waals surface area contributed by atoms with Crippen LogP contribution in [0.4, 0.5) is 8.78 Å². The number of carbonyl (C=O) groups is 1. The lowest BCUT2D eigenvalue weighted by molar-refractivity contribution is 0.0524. The van der Waals surface area contributed by atoms with Crippen LogP contribution in [0, 0.1) is 11.6 Å². The lowest BCUT2D eigenvalue weighted by atomic mass is 10.1. The van der Waals surface area contributed by atoms with E-state index in [-0.39, 0.29) is 28.0 Å². The van der Waals surface area contributed by atoms with Crippen LogP contribution in [-0.2, 0) is 4.74 Å². The number of aromatic nitrogens is 1. The normalized spacial score (nSPS) is 12.1. The smallest absolute Gasteiger partial charge is 0.343 e. The van der Waals surface area contributed by atoms with Crippen LogP contribution in [0.3, 0.4) is 0 Å². The number of ether oxygens (including phenoxy) is 1. The topological polar surface area (TPSA) is 48.3 Å². The van der Waals surface area contributed by atoms with Gasteiger partial charge in [0.2, 0.25) is 5.43 Å². The van der Waals surface area contributed by atoms with Crippen molar-refractivity contribution < 1.29 is 18.3 Å². The molecule has 1 aromatic heterocycles. The first-order valence-corrected chi connectivity index (χ1v) is 8.36. The third kappa shape index (κ3) is 2.26. The molecular weight excluding hydrogens is 348 g/mol. The number of hydrogen-bond acceptors (Lipinski definition) is 4. The van der Waals surface area contributed by atoms with E-state index < -0.39 is 23.0 Å². The Morgan fingerprint density at radius 2 is 2.04 bits per heavy atom. The first-order valence-electron chi connectivity index (χ1n) is 7.54. The van der Waals surface area contributed by atoms with E-state index in [0.717, 1.165) is 17.8 Å². The molecule has 0 amide bonds. The summed E-state index contributed by atoms with van der Waals surface area (Å²) in [6.07, 6.45) is 1.34. The number of para-hydroxylation sites is 1. The van der Waals surface area contributed by atoms with E-state index in [1.165, 1.54) is 6.20 Å². The number of halogens is 2. The molecule has 0 N–H and O–H groups in total. The van der Waals surface area contributed by atoms with Crippen LogP contribution in [0.5, 0.6) is 0 Å². The number of nitrogens with zero attached hydrogens (tertiary/aromatic N) is 1. The van der Waals surface area contributed by atoms with Gasteiger partial charge < -0.3 is 9.30 Å². The SMILES string of the molecule is CCOC(=O)c1cn2c3c(c(F)c(F)cc3c1=O)Sc1ccccc1-2. The van der Waals surface area contributed by atoms with Crippen molar-refractivity contribution in [1.82, 2.24) is 4.57 Å². The van der Waals surface area contributed by atoms with Crippen molar-refractivity contribution in [1.29, 1.82) is 0 Å². The largest absolute Gasteiger partial charge is 0.462 e. The van der Waals surface area contributed by atoms with E-state index in [1.54, 1.807) is 35.8 Å². The fourth-order valence-electron chi connectivity index (χ4n) is 2.89. The molecule has 1 aliphatic rings. The van der Waals surface area contributed by atoms with Crippen LogP contribution in [0.1, 0.15) is 17.3 Å². The molecule has 2 heterocycles. The molecule has 2 aromatic carbocycles. The molecule has 4 rings (SSSR count). The zero-order valence-electron chi connectivity index (χ0n) is 13.0. The maximum absolute atomic E-state index is 14.3. The molecule has 0 aliphatic carbocycles. The highest BCUT2D eigenvalue weighted by Crippen LogP contribution is 2.43. The van der Waals surface area contributed by atoms with Crippen molar-refractivity contribution in [2.45, 2.75) is 16.7 Å². The van der Waals surface area contributed by atoms with Gasteiger partial charge in [-0.25, -0.2) is 13.6 Å². The highest BCUT2D eigenvalue weighted by Gasteiger charge is 2.27. The van der Waals surface area contributed by atoms with Gasteiger partial charge in [-0.2, -0.15) is 0 Å². The number of pyridine rings is 1. The highest BCUT2D eigenvalue weighted by atomic mass is 32.2. The second-order valence-electron chi connectivity index (χ2n) is 5.43. The number of esters is 1. The number of rotatable bonds is 2. The van der Waals surface area contributed by atoms with Crippen LogP contribution in [-0.4, -0.2) is 17.1 Å². The molecular formula is C18H11F2NO3S. The van der Waals surface area contributed by atoms with Crippen LogP contribution in [0.15, 0.2) is 51.1 Å². The average molecular weight is 359 g/mol. The number of hydrogen-bond donors (Lipinski definition) is 0. The van der Waals surface area contributed by atoms with E-state index in [4.69, 9.17) is 4.74 Å². The number of fused-ring (bicyclic) bond motifs is 2. The molecule has 3 aromatic rings. The van der Waals surface area contributed by atoms with Crippen molar-refractivity contribution in [2.75, 3.05) is 6.61 Å². The molecule has 1 aliphatic heterocycles. The zero-order valence-corrected chi connectivity index (χ0v) is 13.8. The van der Waals surface area contributed by atoms with Crippen LogP contribution in [0.2, 0.25) is 0 Å². The van der Waals surface area contributed by atoms with Gasteiger partial charge in [-0.1, -0.05) is 23.9 Å². The predicted molar refractivity (Wildman–Crippen MR) is 89.5 cm³/mol. The molecule has 0 spiro atoms. The first kappa shape index (κ1) is 15.8. The summed E-state index contributed by atoms with van der Waals surface area (Å²) in [5, 5.41) is -0.0542. The molecule has 0 atom stereocenters. The maximum Gasteiger partial charge on any atom is 0.343 e. The van der Waals surface area contributed by atoms with Gasteiger partial charge in [-0.3, -0.25) is 4.79 Å². The summed E-state index contributed by atoms with van der Waals surface area (Å²) in [5.41, 5.74) is 0.0417. The third-order valence-electron chi connectivity index (χ3n) is 3.97. The molecule has 4 nitrogen and oxygen atoms in total. The minimum absolute atomic E-state index is 0.0289. The Morgan fingerprint density at radius 3 is 2.80 bits per heavy atom. The Labute approximate surface area is 145 Å². The molecule has 25 heavy (non-hydrogen) atoms. The van der Waals surface area contributed by atoms with Crippen LogP contribution < -0.4 is 5.43 Å². The van der Waals surface area contributed by atoms with Gasteiger partial charge >= 0.3 is 5.97 Å². The van der Waals surface area contributed by atoms with Crippen molar-refractivity contribution in [3.05, 3.63) is 63.9 Å². The Kier molecular flexibility index (Phi) is 3.61. The summed E-state index contributed by atoms with van der Waals surface area (Å²) in [4.78, 5) is 25.5. The van der Waals surface area contributed by atoms with Crippen molar-refractivity contribution in [3.63, 3.8) is 0 Å². The summed E-state index contributed by atoms with van der Waals surface area (Å²) in [7, 11) is 0. The summed E-state index contributed by atoms with van der Waals surface area (Å²) < 4.78 is 34.9. The summed E-state index contributed by atoms with van der Waals surface area (Å²) in [5.74, 6) is -2.93. The summed E-state index contributed by atoms with van der Waals surface area (Å²) in [6, 6.07) is 7.95. The quantitative estimate of drug-likeness (QED) is 0.509. The fourth-order valence-corrected chi connectivity index (χ4v) is 4.02. The van der Waals surface area contributed by atoms with E-state index >= 15 is 0 Å². The van der Waals surface area contributed by atoms with E-state index in [2.05, 4.69) is 0 Å². The summed E-state index contributed by atoms with van der Waals surface area (Å²) >= 11 is 1.06. The second kappa shape index (κ2) is 5.70. The molecule has 7 heteroatoms. The lowest BCUT2D eigenvalue weighted by Crippen LogP contribution is -2.22. The van der Waals surface area contributed by atoms with Crippen LogP contribution >= 0.6 is 11.8 Å². The zero-order chi connectivity index (χ0) is 17.7. The van der Waals surface area contributed by atoms with Crippen molar-refractivity contribution in [2.24, 2.45) is 0 Å². The van der Waals surface area contributed by atoms with Gasteiger partial charge in [0.25, 0.3) is 0 Å². The van der Waals surface area contributed by atoms with Gasteiger partial charge in [-0.15, -0.1) is 0 Å². The van der Waals surface area contributed by atoms with Gasteiger partial charge in [0, 0.05) is 11.1 Å². The van der Waals surface area contributed by atoms with E-state index in [9.17, 15) is 18.4 Å². The fraction of sp³-hybridized carbons (Fsp3) is 0.111. The van der Waals surface area contributed by atoms with E-state index in [0.29, 0.717) is 10.6 Å². The molecule has 0 saturated carbocycles. The Morgan fingerprint density at radius 1 is 1.28 bits per heavy atom. The third-order valence-corrected chi connectivity index (χ3v) is 5.11. The van der Waals surface area contributed by atoms with Crippen molar-refractivity contribution >= 4 is 28.6 Å². The van der Waals surface area contributed by atoms with Gasteiger partial charge in [-0.05, 0) is 25.1 Å². The number of carbonyl (C=O) groups excluding carboxylic acids is 1. The van der Waals surface area contributed by atoms with Crippen LogP contribution in [0.25, 0.3) is 16.6 Å². The minimum Gasteiger partial charge on any atom is -0.462 e. The van der Waals surface area contributed by atoms with Crippen molar-refractivity contribution in [3.8, 4) is 5.69 Å². The Bertz CT molecular complexity index is 1110. The molecule has 0 bridgehead atoms. The van der Waals surface area contributed by atoms with Gasteiger partial charge in [0.05, 0.1) is 28.1 Å². The molecule has 0 unspecified atom stereocenters. The Hall–Kier alpha value is -2.67. The predicted octanol–water partition coefficient (Wildman–Crippen LogP) is 3.91. The maximum atomic E-state index is 14.3. The van der Waals surface area contributed by atoms with Gasteiger partial charge in [0.15, 0.2) is 11.6 Å². The monoisotopic (exact) mass is 359 g/mol. The highest BCUT2D eigenvalue weighted by molar-refractivity contribution is 7.99. The average Bonchev–Trinajstić information content (AvgIpc) is 2.61. The molecule has 0 radical (unpaired) electrons. The second-order valence-corrected chi connectivity index (χ2v) is 6.48. The number of benzene rings is 2. The van der Waals surface area contributed by atoms with Gasteiger partial charge in [0.1, 0.15) is 5.56 Å². The Balaban J connectivity index is 2.17. The lowest BCUT2D eigenvalue weighted by Gasteiger charge is -2.23.